The minimum absolute atomic E-state index is 0.184. The van der Waals surface area contributed by atoms with Gasteiger partial charge < -0.3 is 9.47 Å². The molecule has 0 saturated heterocycles. The van der Waals surface area contributed by atoms with Crippen LogP contribution < -0.4 is 9.47 Å². The van der Waals surface area contributed by atoms with E-state index in [1.807, 2.05) is 37.3 Å². The Morgan fingerprint density at radius 1 is 1.07 bits per heavy atom. The molecule has 0 N–H and O–H groups in total. The molecule has 28 heavy (non-hydrogen) atoms. The van der Waals surface area contributed by atoms with Gasteiger partial charge in [0.05, 0.1) is 5.56 Å². The second-order valence-electron chi connectivity index (χ2n) is 6.52. The number of Topliss-reactive ketones (excluding diaryl/α,β-unsaturated/α-hetero) is 1. The van der Waals surface area contributed by atoms with Crippen molar-refractivity contribution in [2.24, 2.45) is 0 Å². The summed E-state index contributed by atoms with van der Waals surface area (Å²) in [6, 6.07) is 17.3. The second-order valence-corrected chi connectivity index (χ2v) is 7.44. The van der Waals surface area contributed by atoms with Crippen LogP contribution in [0.15, 0.2) is 70.9 Å². The Morgan fingerprint density at radius 3 is 2.50 bits per heavy atom. The standard InChI is InChI=1S/C23H16BrFO3/c1-14-10-19(27-13-16-2-6-17(24)7-3-16)12-20-22(14)23(26)21(28-20)11-15-4-8-18(25)9-5-15/h2-12H,13H2,1H3/b21-11-. The molecule has 4 rings (SSSR count). The highest BCUT2D eigenvalue weighted by molar-refractivity contribution is 9.10. The molecule has 3 aromatic rings. The largest absolute Gasteiger partial charge is 0.489 e. The van der Waals surface area contributed by atoms with Crippen LogP contribution in [0.3, 0.4) is 0 Å². The quantitative estimate of drug-likeness (QED) is 0.462. The Morgan fingerprint density at radius 2 is 1.79 bits per heavy atom. The molecule has 0 bridgehead atoms. The van der Waals surface area contributed by atoms with E-state index in [4.69, 9.17) is 9.47 Å². The molecule has 1 aliphatic heterocycles. The van der Waals surface area contributed by atoms with Crippen molar-refractivity contribution in [3.05, 3.63) is 99.0 Å². The number of hydrogen-bond donors (Lipinski definition) is 0. The molecule has 0 amide bonds. The molecule has 3 nitrogen and oxygen atoms in total. The molecule has 0 saturated carbocycles. The normalized spacial score (nSPS) is 14.1. The highest BCUT2D eigenvalue weighted by Crippen LogP contribution is 2.37. The van der Waals surface area contributed by atoms with Crippen LogP contribution in [0.2, 0.25) is 0 Å². The summed E-state index contributed by atoms with van der Waals surface area (Å²) in [5.41, 5.74) is 3.05. The van der Waals surface area contributed by atoms with Crippen LogP contribution in [-0.2, 0) is 6.61 Å². The smallest absolute Gasteiger partial charge is 0.232 e. The third-order valence-electron chi connectivity index (χ3n) is 4.43. The van der Waals surface area contributed by atoms with E-state index in [1.54, 1.807) is 24.3 Å². The molecular weight excluding hydrogens is 423 g/mol. The molecule has 0 atom stereocenters. The van der Waals surface area contributed by atoms with Crippen molar-refractivity contribution >= 4 is 27.8 Å². The van der Waals surface area contributed by atoms with Crippen molar-refractivity contribution in [3.8, 4) is 11.5 Å². The number of ketones is 1. The third kappa shape index (κ3) is 3.85. The van der Waals surface area contributed by atoms with Crippen LogP contribution in [0, 0.1) is 12.7 Å². The lowest BCUT2D eigenvalue weighted by Gasteiger charge is -2.09. The van der Waals surface area contributed by atoms with E-state index in [0.29, 0.717) is 29.2 Å². The highest BCUT2D eigenvalue weighted by Gasteiger charge is 2.30. The van der Waals surface area contributed by atoms with Crippen molar-refractivity contribution in [1.82, 2.24) is 0 Å². The number of carbonyl (C=O) groups excluding carboxylic acids is 1. The van der Waals surface area contributed by atoms with Gasteiger partial charge in [-0.2, -0.15) is 0 Å². The van der Waals surface area contributed by atoms with Gasteiger partial charge in [-0.25, -0.2) is 4.39 Å². The average Bonchev–Trinajstić information content (AvgIpc) is 2.99. The second kappa shape index (κ2) is 7.60. The summed E-state index contributed by atoms with van der Waals surface area (Å²) in [6.07, 6.45) is 1.61. The van der Waals surface area contributed by atoms with Crippen LogP contribution in [0.5, 0.6) is 11.5 Å². The maximum atomic E-state index is 13.1. The van der Waals surface area contributed by atoms with E-state index in [-0.39, 0.29) is 17.4 Å². The van der Waals surface area contributed by atoms with E-state index < -0.39 is 0 Å². The van der Waals surface area contributed by atoms with E-state index in [0.717, 1.165) is 15.6 Å². The maximum Gasteiger partial charge on any atom is 0.232 e. The van der Waals surface area contributed by atoms with Gasteiger partial charge in [0.1, 0.15) is 23.9 Å². The zero-order chi connectivity index (χ0) is 19.7. The van der Waals surface area contributed by atoms with E-state index in [2.05, 4.69) is 15.9 Å². The summed E-state index contributed by atoms with van der Waals surface area (Å²) in [7, 11) is 0. The Balaban J connectivity index is 1.55. The lowest BCUT2D eigenvalue weighted by atomic mass is 10.0. The van der Waals surface area contributed by atoms with Crippen molar-refractivity contribution in [2.45, 2.75) is 13.5 Å². The summed E-state index contributed by atoms with van der Waals surface area (Å²) in [5.74, 6) is 0.817. The molecule has 0 spiro atoms. The summed E-state index contributed by atoms with van der Waals surface area (Å²) in [5, 5.41) is 0. The van der Waals surface area contributed by atoms with E-state index in [1.165, 1.54) is 12.1 Å². The highest BCUT2D eigenvalue weighted by atomic mass is 79.9. The molecule has 0 aliphatic carbocycles. The predicted molar refractivity (Wildman–Crippen MR) is 109 cm³/mol. The number of rotatable bonds is 4. The number of aryl methyl sites for hydroxylation is 1. The molecule has 5 heteroatoms. The number of ether oxygens (including phenoxy) is 2. The Bertz CT molecular complexity index is 1070. The zero-order valence-corrected chi connectivity index (χ0v) is 16.6. The monoisotopic (exact) mass is 438 g/mol. The van der Waals surface area contributed by atoms with Gasteiger partial charge in [0, 0.05) is 10.5 Å². The number of fused-ring (bicyclic) bond motifs is 1. The molecule has 1 aliphatic rings. The van der Waals surface area contributed by atoms with Crippen molar-refractivity contribution in [2.75, 3.05) is 0 Å². The molecule has 1 heterocycles. The zero-order valence-electron chi connectivity index (χ0n) is 15.0. The minimum atomic E-state index is -0.326. The van der Waals surface area contributed by atoms with Crippen LogP contribution in [0.25, 0.3) is 6.08 Å². The van der Waals surface area contributed by atoms with Crippen LogP contribution in [0.1, 0.15) is 27.0 Å². The number of carbonyl (C=O) groups is 1. The lowest BCUT2D eigenvalue weighted by Crippen LogP contribution is -2.00. The summed E-state index contributed by atoms with van der Waals surface area (Å²) >= 11 is 3.41. The minimum Gasteiger partial charge on any atom is -0.489 e. The Hall–Kier alpha value is -2.92. The number of halogens is 2. The average molecular weight is 439 g/mol. The topological polar surface area (TPSA) is 35.5 Å². The fourth-order valence-electron chi connectivity index (χ4n) is 3.02. The molecule has 0 unspecified atom stereocenters. The third-order valence-corrected chi connectivity index (χ3v) is 4.96. The Kier molecular flexibility index (Phi) is 5.01. The van der Waals surface area contributed by atoms with Gasteiger partial charge >= 0.3 is 0 Å². The van der Waals surface area contributed by atoms with Crippen molar-refractivity contribution < 1.29 is 18.7 Å². The van der Waals surface area contributed by atoms with Gasteiger partial charge in [0.25, 0.3) is 0 Å². The first-order chi connectivity index (χ1) is 13.5. The lowest BCUT2D eigenvalue weighted by molar-refractivity contribution is 0.101. The van der Waals surface area contributed by atoms with Gasteiger partial charge in [-0.15, -0.1) is 0 Å². The van der Waals surface area contributed by atoms with Crippen molar-refractivity contribution in [1.29, 1.82) is 0 Å². The van der Waals surface area contributed by atoms with Gasteiger partial charge in [-0.3, -0.25) is 4.79 Å². The molecular formula is C23H16BrFO3. The van der Waals surface area contributed by atoms with Gasteiger partial charge in [0.15, 0.2) is 5.76 Å². The van der Waals surface area contributed by atoms with Crippen LogP contribution in [-0.4, -0.2) is 5.78 Å². The SMILES string of the molecule is Cc1cc(OCc2ccc(Br)cc2)cc2c1C(=O)/C(=C/c1ccc(F)cc1)O2. The fourth-order valence-corrected chi connectivity index (χ4v) is 3.28. The van der Waals surface area contributed by atoms with Gasteiger partial charge in [0.2, 0.25) is 5.78 Å². The molecule has 3 aromatic carbocycles. The van der Waals surface area contributed by atoms with Crippen LogP contribution >= 0.6 is 15.9 Å². The number of hydrogen-bond acceptors (Lipinski definition) is 3. The summed E-state index contributed by atoms with van der Waals surface area (Å²) in [4.78, 5) is 12.7. The Labute approximate surface area is 170 Å². The predicted octanol–water partition coefficient (Wildman–Crippen LogP) is 6.09. The molecule has 140 valence electrons. The van der Waals surface area contributed by atoms with Gasteiger partial charge in [-0.05, 0) is 60.0 Å². The molecule has 0 aromatic heterocycles. The summed E-state index contributed by atoms with van der Waals surface area (Å²) in [6.45, 7) is 2.27. The maximum absolute atomic E-state index is 13.1. The van der Waals surface area contributed by atoms with E-state index >= 15 is 0 Å². The van der Waals surface area contributed by atoms with Gasteiger partial charge in [-0.1, -0.05) is 40.2 Å². The van der Waals surface area contributed by atoms with Crippen molar-refractivity contribution in [3.63, 3.8) is 0 Å². The first-order valence-corrected chi connectivity index (χ1v) is 9.50. The van der Waals surface area contributed by atoms with Crippen LogP contribution in [0.4, 0.5) is 4.39 Å². The van der Waals surface area contributed by atoms with E-state index in [9.17, 15) is 9.18 Å². The first kappa shape index (κ1) is 18.4. The molecule has 0 radical (unpaired) electrons. The summed E-state index contributed by atoms with van der Waals surface area (Å²) < 4.78 is 25.7. The number of benzene rings is 3. The number of allylic oxidation sites excluding steroid dienone is 1. The molecule has 0 fully saturated rings. The fraction of sp³-hybridized carbons (Fsp3) is 0.0870. The first-order valence-electron chi connectivity index (χ1n) is 8.71.